The number of aryl methyl sites for hydroxylation is 1. The molecule has 0 aliphatic carbocycles. The van der Waals surface area contributed by atoms with Crippen LogP contribution in [0.4, 0.5) is 11.4 Å². The number of benzene rings is 2. The van der Waals surface area contributed by atoms with Gasteiger partial charge in [-0.25, -0.2) is 0 Å². The monoisotopic (exact) mass is 288 g/mol. The highest BCUT2D eigenvalue weighted by Gasteiger charge is 2.04. The van der Waals surface area contributed by atoms with E-state index in [0.29, 0.717) is 5.02 Å². The minimum Gasteiger partial charge on any atom is -0.376 e. The lowest BCUT2D eigenvalue weighted by molar-refractivity contribution is -0.114. The first-order valence-corrected chi connectivity index (χ1v) is 6.79. The Kier molecular flexibility index (Phi) is 4.64. The van der Waals surface area contributed by atoms with E-state index in [4.69, 9.17) is 11.6 Å². The van der Waals surface area contributed by atoms with Crippen LogP contribution >= 0.6 is 11.6 Å². The average molecular weight is 289 g/mol. The van der Waals surface area contributed by atoms with E-state index in [-0.39, 0.29) is 12.5 Å². The number of nitrogens with one attached hydrogen (secondary N) is 2. The summed E-state index contributed by atoms with van der Waals surface area (Å²) >= 11 is 5.80. The van der Waals surface area contributed by atoms with E-state index in [1.165, 1.54) is 5.56 Å². The predicted molar refractivity (Wildman–Crippen MR) is 84.5 cm³/mol. The highest BCUT2D eigenvalue weighted by Crippen LogP contribution is 2.18. The molecule has 0 atom stereocenters. The zero-order valence-electron chi connectivity index (χ0n) is 11.5. The fourth-order valence-electron chi connectivity index (χ4n) is 1.86. The Morgan fingerprint density at radius 2 is 1.80 bits per heavy atom. The lowest BCUT2D eigenvalue weighted by atomic mass is 10.1. The maximum Gasteiger partial charge on any atom is 0.243 e. The van der Waals surface area contributed by atoms with Gasteiger partial charge in [0.05, 0.1) is 6.54 Å². The number of amides is 1. The molecule has 0 unspecified atom stereocenters. The van der Waals surface area contributed by atoms with Crippen LogP contribution in [0.5, 0.6) is 0 Å². The fourth-order valence-corrected chi connectivity index (χ4v) is 1.98. The summed E-state index contributed by atoms with van der Waals surface area (Å²) in [7, 11) is 0. The molecule has 0 aliphatic heterocycles. The van der Waals surface area contributed by atoms with E-state index in [1.807, 2.05) is 32.0 Å². The van der Waals surface area contributed by atoms with Crippen LogP contribution in [0, 0.1) is 13.8 Å². The van der Waals surface area contributed by atoms with Gasteiger partial charge in [-0.2, -0.15) is 0 Å². The van der Waals surface area contributed by atoms with Crippen LogP contribution in [0.1, 0.15) is 11.1 Å². The minimum absolute atomic E-state index is 0.0896. The van der Waals surface area contributed by atoms with Crippen molar-refractivity contribution in [1.29, 1.82) is 0 Å². The molecular formula is C16H17ClN2O. The van der Waals surface area contributed by atoms with Gasteiger partial charge in [-0.15, -0.1) is 0 Å². The lowest BCUT2D eigenvalue weighted by Gasteiger charge is -2.11. The smallest absolute Gasteiger partial charge is 0.243 e. The third kappa shape index (κ3) is 3.75. The van der Waals surface area contributed by atoms with Gasteiger partial charge in [0.1, 0.15) is 0 Å². The van der Waals surface area contributed by atoms with Crippen LogP contribution in [0.3, 0.4) is 0 Å². The molecule has 1 amide bonds. The second-order valence-electron chi connectivity index (χ2n) is 4.66. The van der Waals surface area contributed by atoms with Gasteiger partial charge >= 0.3 is 0 Å². The van der Waals surface area contributed by atoms with Gasteiger partial charge in [0.15, 0.2) is 0 Å². The number of halogens is 1. The highest BCUT2D eigenvalue weighted by atomic mass is 35.5. The Hall–Kier alpha value is -2.00. The summed E-state index contributed by atoms with van der Waals surface area (Å²) in [5.74, 6) is -0.0896. The topological polar surface area (TPSA) is 41.1 Å². The van der Waals surface area contributed by atoms with Crippen LogP contribution in [-0.2, 0) is 4.79 Å². The normalized spacial score (nSPS) is 10.2. The molecule has 0 spiro atoms. The van der Waals surface area contributed by atoms with E-state index in [2.05, 4.69) is 10.6 Å². The molecule has 0 radical (unpaired) electrons. The van der Waals surface area contributed by atoms with Crippen molar-refractivity contribution in [2.75, 3.05) is 17.2 Å². The standard InChI is InChI=1S/C16H17ClN2O/c1-11-4-3-5-15(12(11)2)18-10-16(20)19-14-8-6-13(17)7-9-14/h3-9,18H,10H2,1-2H3,(H,19,20). The number of carbonyl (C=O) groups is 1. The van der Waals surface area contributed by atoms with E-state index in [9.17, 15) is 4.79 Å². The molecule has 0 heterocycles. The number of carbonyl (C=O) groups excluding carboxylic acids is 1. The Labute approximate surface area is 124 Å². The van der Waals surface area contributed by atoms with Gasteiger partial charge in [0, 0.05) is 16.4 Å². The van der Waals surface area contributed by atoms with E-state index in [1.54, 1.807) is 24.3 Å². The van der Waals surface area contributed by atoms with E-state index >= 15 is 0 Å². The first-order valence-electron chi connectivity index (χ1n) is 6.42. The van der Waals surface area contributed by atoms with Crippen molar-refractivity contribution in [1.82, 2.24) is 0 Å². The van der Waals surface area contributed by atoms with Gasteiger partial charge in [-0.1, -0.05) is 23.7 Å². The molecule has 2 N–H and O–H groups in total. The maximum atomic E-state index is 11.9. The van der Waals surface area contributed by atoms with E-state index < -0.39 is 0 Å². The summed E-state index contributed by atoms with van der Waals surface area (Å²) in [4.78, 5) is 11.9. The number of hydrogen-bond donors (Lipinski definition) is 2. The third-order valence-electron chi connectivity index (χ3n) is 3.17. The van der Waals surface area contributed by atoms with Crippen molar-refractivity contribution >= 4 is 28.9 Å². The summed E-state index contributed by atoms with van der Waals surface area (Å²) in [6, 6.07) is 13.0. The van der Waals surface area contributed by atoms with Crippen LogP contribution in [0.15, 0.2) is 42.5 Å². The van der Waals surface area contributed by atoms with Gasteiger partial charge in [-0.05, 0) is 55.3 Å². The summed E-state index contributed by atoms with van der Waals surface area (Å²) in [6.07, 6.45) is 0. The van der Waals surface area contributed by atoms with Gasteiger partial charge in [-0.3, -0.25) is 4.79 Å². The molecule has 0 fully saturated rings. The van der Waals surface area contributed by atoms with Crippen molar-refractivity contribution < 1.29 is 4.79 Å². The Bertz CT molecular complexity index is 608. The summed E-state index contributed by atoms with van der Waals surface area (Å²) in [5.41, 5.74) is 4.08. The summed E-state index contributed by atoms with van der Waals surface area (Å²) in [5, 5.41) is 6.61. The molecule has 2 rings (SSSR count). The number of hydrogen-bond acceptors (Lipinski definition) is 2. The van der Waals surface area contributed by atoms with Crippen molar-refractivity contribution in [3.8, 4) is 0 Å². The Balaban J connectivity index is 1.92. The number of rotatable bonds is 4. The van der Waals surface area contributed by atoms with Crippen LogP contribution < -0.4 is 10.6 Å². The average Bonchev–Trinajstić information content (AvgIpc) is 2.43. The molecule has 2 aromatic carbocycles. The molecule has 0 bridgehead atoms. The van der Waals surface area contributed by atoms with Crippen LogP contribution in [0.2, 0.25) is 5.02 Å². The lowest BCUT2D eigenvalue weighted by Crippen LogP contribution is -2.22. The summed E-state index contributed by atoms with van der Waals surface area (Å²) in [6.45, 7) is 4.32. The zero-order valence-corrected chi connectivity index (χ0v) is 12.3. The van der Waals surface area contributed by atoms with Crippen molar-refractivity contribution in [2.24, 2.45) is 0 Å². The fraction of sp³-hybridized carbons (Fsp3) is 0.188. The van der Waals surface area contributed by atoms with Gasteiger partial charge in [0.25, 0.3) is 0 Å². The molecule has 2 aromatic rings. The predicted octanol–water partition coefficient (Wildman–Crippen LogP) is 4.01. The molecule has 3 nitrogen and oxygen atoms in total. The molecule has 0 aliphatic rings. The second-order valence-corrected chi connectivity index (χ2v) is 5.09. The number of anilines is 2. The van der Waals surface area contributed by atoms with Gasteiger partial charge in [0.2, 0.25) is 5.91 Å². The first-order chi connectivity index (χ1) is 9.56. The third-order valence-corrected chi connectivity index (χ3v) is 3.42. The molecule has 4 heteroatoms. The quantitative estimate of drug-likeness (QED) is 0.892. The Morgan fingerprint density at radius 3 is 2.50 bits per heavy atom. The molecule has 104 valence electrons. The molecule has 20 heavy (non-hydrogen) atoms. The second kappa shape index (κ2) is 6.44. The zero-order chi connectivity index (χ0) is 14.5. The summed E-state index contributed by atoms with van der Waals surface area (Å²) < 4.78 is 0. The molecule has 0 saturated carbocycles. The van der Waals surface area contributed by atoms with Crippen LogP contribution in [0.25, 0.3) is 0 Å². The van der Waals surface area contributed by atoms with Crippen molar-refractivity contribution in [3.05, 3.63) is 58.6 Å². The highest BCUT2D eigenvalue weighted by molar-refractivity contribution is 6.30. The molecule has 0 aromatic heterocycles. The molecular weight excluding hydrogens is 272 g/mol. The van der Waals surface area contributed by atoms with Crippen LogP contribution in [-0.4, -0.2) is 12.5 Å². The minimum atomic E-state index is -0.0896. The van der Waals surface area contributed by atoms with E-state index in [0.717, 1.165) is 16.9 Å². The van der Waals surface area contributed by atoms with Gasteiger partial charge < -0.3 is 10.6 Å². The van der Waals surface area contributed by atoms with Crippen molar-refractivity contribution in [3.63, 3.8) is 0 Å². The van der Waals surface area contributed by atoms with Crippen molar-refractivity contribution in [2.45, 2.75) is 13.8 Å². The Morgan fingerprint density at radius 1 is 1.10 bits per heavy atom. The maximum absolute atomic E-state index is 11.9. The largest absolute Gasteiger partial charge is 0.376 e. The first kappa shape index (κ1) is 14.4. The molecule has 0 saturated heterocycles. The SMILES string of the molecule is Cc1cccc(NCC(=O)Nc2ccc(Cl)cc2)c1C.